The molecule has 0 aromatic rings. The van der Waals surface area contributed by atoms with Gasteiger partial charge in [0, 0.05) is 23.3 Å². The molecule has 2 radical (unpaired) electrons. The van der Waals surface area contributed by atoms with Crippen LogP contribution in [0.2, 0.25) is 8.87 Å². The van der Waals surface area contributed by atoms with Crippen LogP contribution in [-0.4, -0.2) is 65.4 Å². The van der Waals surface area contributed by atoms with Gasteiger partial charge >= 0.3 is 145 Å². The number of aliphatic carboxylic acids is 4. The van der Waals surface area contributed by atoms with E-state index in [1.165, 1.54) is 64.2 Å². The van der Waals surface area contributed by atoms with Crippen LogP contribution in [0.1, 0.15) is 143 Å². The van der Waals surface area contributed by atoms with E-state index < -0.39 is 23.9 Å². The monoisotopic (exact) mass is 690 g/mol. The van der Waals surface area contributed by atoms with E-state index in [0.717, 1.165) is 25.0 Å². The fourth-order valence-electron chi connectivity index (χ4n) is 3.70. The second-order valence-corrected chi connectivity index (χ2v) is 14.4. The Labute approximate surface area is 259 Å². The third kappa shape index (κ3) is 38.2. The van der Waals surface area contributed by atoms with Crippen molar-refractivity contribution in [2.45, 2.75) is 152 Å². The Morgan fingerprint density at radius 1 is 0.463 bits per heavy atom. The molecule has 4 N–H and O–H groups in total. The second kappa shape index (κ2) is 34.4. The standard InChI is InChI=1S/2C8H12O4.2C8H17.Sn/c2*1-2-3-4-6(8(11)12)5-7(9)10;2*1-3-5-7-8-6-4-2;/h2*5H,2-4H2,1H3,(H,9,10)(H,11,12);2*1,3-8H2,2H3;/b2*6-5-;;;. The van der Waals surface area contributed by atoms with Crippen molar-refractivity contribution in [2.75, 3.05) is 0 Å². The second-order valence-electron chi connectivity index (χ2n) is 10.1. The van der Waals surface area contributed by atoms with Gasteiger partial charge in [-0.2, -0.15) is 0 Å². The Balaban J connectivity index is -0.000000542. The zero-order valence-corrected chi connectivity index (χ0v) is 29.1. The predicted octanol–water partition coefficient (Wildman–Crippen LogP) is 8.79. The van der Waals surface area contributed by atoms with Crippen LogP contribution in [0, 0.1) is 0 Å². The van der Waals surface area contributed by atoms with Gasteiger partial charge in [0.05, 0.1) is 0 Å². The van der Waals surface area contributed by atoms with E-state index in [4.69, 9.17) is 20.4 Å². The predicted molar refractivity (Wildman–Crippen MR) is 168 cm³/mol. The van der Waals surface area contributed by atoms with Crippen LogP contribution in [0.15, 0.2) is 23.3 Å². The SMILES string of the molecule is CCCC/C(=C/C(=O)O)C(=O)O.CCCC/C(=C/C(=O)O)C(=O)O.CCCCCCC[CH2][Sn][CH2]CCCCCCC. The molecule has 0 atom stereocenters. The van der Waals surface area contributed by atoms with Gasteiger partial charge in [-0.1, -0.05) is 26.7 Å². The van der Waals surface area contributed by atoms with E-state index in [1.54, 1.807) is 21.7 Å². The number of carboxylic acids is 4. The Morgan fingerprint density at radius 3 is 1.02 bits per heavy atom. The van der Waals surface area contributed by atoms with Crippen LogP contribution >= 0.6 is 0 Å². The van der Waals surface area contributed by atoms with Crippen LogP contribution in [0.5, 0.6) is 0 Å². The minimum absolute atomic E-state index is 0.0376. The molecule has 0 fully saturated rings. The Bertz CT molecular complexity index is 671. The molecule has 0 amide bonds. The average Bonchev–Trinajstić information content (AvgIpc) is 2.91. The van der Waals surface area contributed by atoms with Crippen LogP contribution in [0.25, 0.3) is 0 Å². The first-order chi connectivity index (χ1) is 19.6. The van der Waals surface area contributed by atoms with Crippen LogP contribution in [-0.2, 0) is 19.2 Å². The van der Waals surface area contributed by atoms with Crippen molar-refractivity contribution in [3.8, 4) is 0 Å². The van der Waals surface area contributed by atoms with Gasteiger partial charge < -0.3 is 20.4 Å². The Morgan fingerprint density at radius 2 is 0.756 bits per heavy atom. The van der Waals surface area contributed by atoms with Gasteiger partial charge in [-0.15, -0.1) is 0 Å². The van der Waals surface area contributed by atoms with Gasteiger partial charge in [0.15, 0.2) is 0 Å². The number of carboxylic acid groups (broad SMARTS) is 4. The molecule has 0 bridgehead atoms. The van der Waals surface area contributed by atoms with E-state index in [-0.39, 0.29) is 32.3 Å². The maximum absolute atomic E-state index is 10.4. The number of hydrogen-bond acceptors (Lipinski definition) is 4. The summed E-state index contributed by atoms with van der Waals surface area (Å²) in [6, 6.07) is 0. The van der Waals surface area contributed by atoms with Gasteiger partial charge in [-0.3, -0.25) is 0 Å². The summed E-state index contributed by atoms with van der Waals surface area (Å²) < 4.78 is 3.31. The molecule has 0 aliphatic carbocycles. The van der Waals surface area contributed by atoms with Gasteiger partial charge in [0.2, 0.25) is 0 Å². The molecule has 0 rings (SSSR count). The third-order valence-corrected chi connectivity index (χ3v) is 10.2. The first-order valence-electron chi connectivity index (χ1n) is 15.6. The van der Waals surface area contributed by atoms with E-state index >= 15 is 0 Å². The summed E-state index contributed by atoms with van der Waals surface area (Å²) >= 11 is 0.0736. The molecular formula is C32H58O8Sn. The summed E-state index contributed by atoms with van der Waals surface area (Å²) in [5, 5.41) is 33.6. The molecule has 0 aliphatic rings. The summed E-state index contributed by atoms with van der Waals surface area (Å²) in [6.45, 7) is 8.43. The van der Waals surface area contributed by atoms with Crippen LogP contribution < -0.4 is 0 Å². The molecular weight excluding hydrogens is 631 g/mol. The Hall–Kier alpha value is -1.84. The topological polar surface area (TPSA) is 149 Å². The maximum atomic E-state index is 10.4. The Kier molecular flexibility index (Phi) is 36.5. The van der Waals surface area contributed by atoms with E-state index in [9.17, 15) is 19.2 Å². The summed E-state index contributed by atoms with van der Waals surface area (Å²) in [7, 11) is 0. The molecule has 8 nitrogen and oxygen atoms in total. The zero-order chi connectivity index (χ0) is 31.7. The minimum atomic E-state index is -1.21. The first-order valence-corrected chi connectivity index (χ1v) is 19.6. The van der Waals surface area contributed by atoms with Crippen molar-refractivity contribution in [1.29, 1.82) is 0 Å². The third-order valence-electron chi connectivity index (χ3n) is 6.16. The van der Waals surface area contributed by atoms with Gasteiger partial charge in [0.25, 0.3) is 0 Å². The molecule has 0 aromatic heterocycles. The fraction of sp³-hybridized carbons (Fsp3) is 0.750. The number of hydrogen-bond donors (Lipinski definition) is 4. The van der Waals surface area contributed by atoms with Gasteiger partial charge in [-0.05, 0) is 25.7 Å². The number of unbranched alkanes of at least 4 members (excludes halogenated alkanes) is 12. The molecule has 0 aliphatic heterocycles. The van der Waals surface area contributed by atoms with E-state index in [2.05, 4.69) is 13.8 Å². The molecule has 0 unspecified atom stereocenters. The summed E-state index contributed by atoms with van der Waals surface area (Å²) in [4.78, 5) is 41.1. The first kappa shape index (κ1) is 43.6. The molecule has 41 heavy (non-hydrogen) atoms. The molecule has 9 heteroatoms. The normalized spacial score (nSPS) is 11.1. The summed E-state index contributed by atoms with van der Waals surface area (Å²) in [5.41, 5.74) is -0.0753. The molecule has 0 aromatic carbocycles. The summed E-state index contributed by atoms with van der Waals surface area (Å²) in [5.74, 6) is -4.70. The van der Waals surface area contributed by atoms with Crippen molar-refractivity contribution < 1.29 is 39.6 Å². The molecule has 238 valence electrons. The van der Waals surface area contributed by atoms with Crippen molar-refractivity contribution in [1.82, 2.24) is 0 Å². The van der Waals surface area contributed by atoms with Crippen molar-refractivity contribution >= 4 is 45.0 Å². The van der Waals surface area contributed by atoms with Crippen molar-refractivity contribution in [3.63, 3.8) is 0 Å². The summed E-state index contributed by atoms with van der Waals surface area (Å²) in [6.07, 6.45) is 23.1. The van der Waals surface area contributed by atoms with E-state index in [1.807, 2.05) is 13.8 Å². The fourth-order valence-corrected chi connectivity index (χ4v) is 7.27. The van der Waals surface area contributed by atoms with Gasteiger partial charge in [-0.25, -0.2) is 19.2 Å². The molecule has 0 spiro atoms. The van der Waals surface area contributed by atoms with Crippen LogP contribution in [0.3, 0.4) is 0 Å². The quantitative estimate of drug-likeness (QED) is 0.0446. The zero-order valence-electron chi connectivity index (χ0n) is 26.2. The number of carbonyl (C=O) groups is 4. The molecule has 0 saturated carbocycles. The molecule has 0 heterocycles. The van der Waals surface area contributed by atoms with Crippen molar-refractivity contribution in [3.05, 3.63) is 23.3 Å². The van der Waals surface area contributed by atoms with E-state index in [0.29, 0.717) is 25.7 Å². The average molecular weight is 690 g/mol. The van der Waals surface area contributed by atoms with Crippen molar-refractivity contribution in [2.24, 2.45) is 0 Å². The van der Waals surface area contributed by atoms with Gasteiger partial charge in [0.1, 0.15) is 0 Å². The van der Waals surface area contributed by atoms with Crippen LogP contribution in [0.4, 0.5) is 0 Å². The molecule has 0 saturated heterocycles. The number of rotatable bonds is 24.